The third kappa shape index (κ3) is 1.63. The van der Waals surface area contributed by atoms with Crippen molar-refractivity contribution < 1.29 is 13.2 Å². The molecule has 0 aliphatic rings. The first-order chi connectivity index (χ1) is 5.41. The number of aryl methyl sites for hydroxylation is 1. The van der Waals surface area contributed by atoms with Gasteiger partial charge in [0.15, 0.2) is 5.69 Å². The number of hydrogen-bond acceptors (Lipinski definition) is 3. The van der Waals surface area contributed by atoms with Crippen LogP contribution in [0.1, 0.15) is 11.3 Å². The third-order valence-electron chi connectivity index (χ3n) is 1.31. The van der Waals surface area contributed by atoms with E-state index in [-0.39, 0.29) is 11.4 Å². The quantitative estimate of drug-likeness (QED) is 0.651. The lowest BCUT2D eigenvalue weighted by Gasteiger charge is -2.05. The molecule has 0 spiro atoms. The molecule has 0 saturated heterocycles. The first-order valence-electron chi connectivity index (χ1n) is 3.08. The molecule has 0 fully saturated rings. The molecule has 0 atom stereocenters. The van der Waals surface area contributed by atoms with Crippen LogP contribution in [0.5, 0.6) is 0 Å². The highest BCUT2D eigenvalue weighted by molar-refractivity contribution is 5.37. The van der Waals surface area contributed by atoms with Crippen LogP contribution in [-0.2, 0) is 6.18 Å². The summed E-state index contributed by atoms with van der Waals surface area (Å²) in [5.74, 6) is 0.0167. The summed E-state index contributed by atoms with van der Waals surface area (Å²) >= 11 is 0. The number of anilines is 1. The molecule has 0 unspecified atom stereocenters. The van der Waals surface area contributed by atoms with E-state index in [1.54, 1.807) is 0 Å². The lowest BCUT2D eigenvalue weighted by atomic mass is 10.2. The summed E-state index contributed by atoms with van der Waals surface area (Å²) in [7, 11) is 0. The summed E-state index contributed by atoms with van der Waals surface area (Å²) < 4.78 is 35.9. The van der Waals surface area contributed by atoms with E-state index in [1.807, 2.05) is 0 Å². The zero-order chi connectivity index (χ0) is 9.35. The second-order valence-corrected chi connectivity index (χ2v) is 2.30. The van der Waals surface area contributed by atoms with Gasteiger partial charge in [-0.25, -0.2) is 0 Å². The Balaban J connectivity index is 3.14. The molecule has 1 aromatic heterocycles. The van der Waals surface area contributed by atoms with Crippen LogP contribution in [0, 0.1) is 6.92 Å². The smallest absolute Gasteiger partial charge is 0.382 e. The molecule has 0 aromatic carbocycles. The van der Waals surface area contributed by atoms with Crippen molar-refractivity contribution in [2.24, 2.45) is 0 Å². The SMILES string of the molecule is Cc1cc(C(F)(F)F)nnc1N. The van der Waals surface area contributed by atoms with Crippen LogP contribution in [0.3, 0.4) is 0 Å². The van der Waals surface area contributed by atoms with Gasteiger partial charge in [-0.1, -0.05) is 0 Å². The molecule has 1 rings (SSSR count). The highest BCUT2D eigenvalue weighted by Gasteiger charge is 2.33. The van der Waals surface area contributed by atoms with Gasteiger partial charge in [0, 0.05) is 0 Å². The molecule has 6 heteroatoms. The Morgan fingerprint density at radius 2 is 1.92 bits per heavy atom. The summed E-state index contributed by atoms with van der Waals surface area (Å²) in [5, 5.41) is 6.06. The van der Waals surface area contributed by atoms with Crippen molar-refractivity contribution in [3.63, 3.8) is 0 Å². The van der Waals surface area contributed by atoms with E-state index in [2.05, 4.69) is 10.2 Å². The number of hydrogen-bond donors (Lipinski definition) is 1. The Hall–Kier alpha value is -1.33. The molecule has 0 radical (unpaired) electrons. The minimum absolute atomic E-state index is 0.0167. The number of rotatable bonds is 0. The molecule has 12 heavy (non-hydrogen) atoms. The van der Waals surface area contributed by atoms with Gasteiger partial charge in [0.25, 0.3) is 0 Å². The Morgan fingerprint density at radius 1 is 1.33 bits per heavy atom. The number of halogens is 3. The second-order valence-electron chi connectivity index (χ2n) is 2.30. The Kier molecular flexibility index (Phi) is 1.91. The molecular weight excluding hydrogens is 171 g/mol. The lowest BCUT2D eigenvalue weighted by molar-refractivity contribution is -0.141. The Morgan fingerprint density at radius 3 is 2.33 bits per heavy atom. The maximum Gasteiger partial charge on any atom is 0.435 e. The third-order valence-corrected chi connectivity index (χ3v) is 1.31. The molecule has 3 nitrogen and oxygen atoms in total. The van der Waals surface area contributed by atoms with Crippen LogP contribution < -0.4 is 5.73 Å². The van der Waals surface area contributed by atoms with Gasteiger partial charge < -0.3 is 5.73 Å². The van der Waals surface area contributed by atoms with Crippen LogP contribution in [0.2, 0.25) is 0 Å². The second kappa shape index (κ2) is 2.62. The van der Waals surface area contributed by atoms with Crippen molar-refractivity contribution in [1.29, 1.82) is 0 Å². The van der Waals surface area contributed by atoms with Gasteiger partial charge in [0.1, 0.15) is 5.82 Å². The van der Waals surface area contributed by atoms with Crippen LogP contribution in [0.25, 0.3) is 0 Å². The van der Waals surface area contributed by atoms with E-state index in [1.165, 1.54) is 6.92 Å². The fourth-order valence-electron chi connectivity index (χ4n) is 0.633. The van der Waals surface area contributed by atoms with E-state index < -0.39 is 11.9 Å². The zero-order valence-corrected chi connectivity index (χ0v) is 6.18. The van der Waals surface area contributed by atoms with Crippen molar-refractivity contribution in [2.45, 2.75) is 13.1 Å². The highest BCUT2D eigenvalue weighted by Crippen LogP contribution is 2.27. The molecule has 66 valence electrons. The monoisotopic (exact) mass is 177 g/mol. The van der Waals surface area contributed by atoms with Gasteiger partial charge in [0.2, 0.25) is 0 Å². The van der Waals surface area contributed by atoms with Gasteiger partial charge in [-0.05, 0) is 18.6 Å². The summed E-state index contributed by atoms with van der Waals surface area (Å²) in [5.41, 5.74) is 4.45. The van der Waals surface area contributed by atoms with Crippen molar-refractivity contribution in [2.75, 3.05) is 5.73 Å². The summed E-state index contributed by atoms with van der Waals surface area (Å²) in [6, 6.07) is 0.863. The average Bonchev–Trinajstić information content (AvgIpc) is 1.92. The largest absolute Gasteiger partial charge is 0.435 e. The van der Waals surface area contributed by atoms with E-state index in [0.29, 0.717) is 0 Å². The van der Waals surface area contributed by atoms with E-state index in [4.69, 9.17) is 5.73 Å². The summed E-state index contributed by atoms with van der Waals surface area (Å²) in [6.07, 6.45) is -4.45. The van der Waals surface area contributed by atoms with E-state index in [9.17, 15) is 13.2 Å². The molecule has 1 aromatic rings. The number of nitrogen functional groups attached to an aromatic ring is 1. The van der Waals surface area contributed by atoms with Gasteiger partial charge >= 0.3 is 6.18 Å². The fourth-order valence-corrected chi connectivity index (χ4v) is 0.633. The minimum atomic E-state index is -4.45. The number of alkyl halides is 3. The van der Waals surface area contributed by atoms with Crippen LogP contribution in [0.15, 0.2) is 6.07 Å². The van der Waals surface area contributed by atoms with Gasteiger partial charge in [0.05, 0.1) is 0 Å². The van der Waals surface area contributed by atoms with Crippen LogP contribution >= 0.6 is 0 Å². The molecule has 0 bridgehead atoms. The van der Waals surface area contributed by atoms with Gasteiger partial charge in [-0.15, -0.1) is 10.2 Å². The fraction of sp³-hybridized carbons (Fsp3) is 0.333. The predicted molar refractivity (Wildman–Crippen MR) is 36.2 cm³/mol. The number of aromatic nitrogens is 2. The summed E-state index contributed by atoms with van der Waals surface area (Å²) in [6.45, 7) is 1.44. The molecular formula is C6H6F3N3. The number of nitrogens with zero attached hydrogens (tertiary/aromatic N) is 2. The van der Waals surface area contributed by atoms with Crippen molar-refractivity contribution in [3.8, 4) is 0 Å². The standard InChI is InChI=1S/C6H6F3N3/c1-3-2-4(6(7,8)9)11-12-5(3)10/h2H,1H3,(H2,10,12). The van der Waals surface area contributed by atoms with Gasteiger partial charge in [-0.2, -0.15) is 13.2 Å². The molecule has 0 aliphatic carbocycles. The zero-order valence-electron chi connectivity index (χ0n) is 6.18. The van der Waals surface area contributed by atoms with Crippen LogP contribution in [-0.4, -0.2) is 10.2 Å². The van der Waals surface area contributed by atoms with Crippen molar-refractivity contribution >= 4 is 5.82 Å². The molecule has 0 saturated carbocycles. The molecule has 2 N–H and O–H groups in total. The Labute approximate surface area is 66.4 Å². The predicted octanol–water partition coefficient (Wildman–Crippen LogP) is 1.39. The Bertz CT molecular complexity index is 295. The van der Waals surface area contributed by atoms with E-state index >= 15 is 0 Å². The lowest BCUT2D eigenvalue weighted by Crippen LogP contribution is -2.10. The first kappa shape index (κ1) is 8.76. The maximum absolute atomic E-state index is 12.0. The van der Waals surface area contributed by atoms with Crippen molar-refractivity contribution in [1.82, 2.24) is 10.2 Å². The minimum Gasteiger partial charge on any atom is -0.382 e. The molecule has 0 amide bonds. The molecule has 1 heterocycles. The average molecular weight is 177 g/mol. The first-order valence-corrected chi connectivity index (χ1v) is 3.08. The van der Waals surface area contributed by atoms with Crippen molar-refractivity contribution in [3.05, 3.63) is 17.3 Å². The number of nitrogens with two attached hydrogens (primary N) is 1. The highest BCUT2D eigenvalue weighted by atomic mass is 19.4. The maximum atomic E-state index is 12.0. The molecule has 0 aliphatic heterocycles. The topological polar surface area (TPSA) is 51.8 Å². The van der Waals surface area contributed by atoms with Crippen LogP contribution in [0.4, 0.5) is 19.0 Å². The van der Waals surface area contributed by atoms with E-state index in [0.717, 1.165) is 6.07 Å². The van der Waals surface area contributed by atoms with Gasteiger partial charge in [-0.3, -0.25) is 0 Å². The normalized spacial score (nSPS) is 11.7. The summed E-state index contributed by atoms with van der Waals surface area (Å²) in [4.78, 5) is 0.